The highest BCUT2D eigenvalue weighted by Crippen LogP contribution is 2.67. The molecule has 4 aliphatic carbocycles. The number of aliphatic hydroxyl groups is 1. The van der Waals surface area contributed by atoms with E-state index >= 15 is 0 Å². The number of aliphatic hydroxyl groups excluding tert-OH is 1. The molecule has 0 radical (unpaired) electrons. The van der Waals surface area contributed by atoms with Crippen LogP contribution in [-0.4, -0.2) is 17.1 Å². The van der Waals surface area contributed by atoms with E-state index in [4.69, 9.17) is 5.73 Å². The van der Waals surface area contributed by atoms with Gasteiger partial charge in [-0.25, -0.2) is 0 Å². The van der Waals surface area contributed by atoms with Gasteiger partial charge in [0.25, 0.3) is 0 Å². The molecule has 26 heavy (non-hydrogen) atoms. The van der Waals surface area contributed by atoms with Crippen molar-refractivity contribution in [2.75, 3.05) is 0 Å². The third kappa shape index (κ3) is 2.84. The summed E-state index contributed by atoms with van der Waals surface area (Å²) >= 11 is 0. The standard InChI is InChI=1S/C23H39NO2/c1-22-13-11-18-16(14-20(25)19-7-3-4-12-23(18,19)2)17(22)10-9-15(22)6-5-8-21(24)26/h15-20,25H,3-14H2,1-2H3,(H2,24,26)/t15-,16-,17-,18-,19?,20-,22+,23+/m0/s1. The van der Waals surface area contributed by atoms with E-state index in [1.165, 1.54) is 51.4 Å². The topological polar surface area (TPSA) is 63.3 Å². The fraction of sp³-hybridized carbons (Fsp3) is 0.957. The molecule has 0 spiro atoms. The van der Waals surface area contributed by atoms with Gasteiger partial charge in [-0.05, 0) is 98.2 Å². The van der Waals surface area contributed by atoms with E-state index in [1.807, 2.05) is 0 Å². The van der Waals surface area contributed by atoms with Crippen LogP contribution >= 0.6 is 0 Å². The van der Waals surface area contributed by atoms with Crippen LogP contribution in [0.3, 0.4) is 0 Å². The molecule has 3 heteroatoms. The Labute approximate surface area is 159 Å². The first-order chi connectivity index (χ1) is 12.4. The summed E-state index contributed by atoms with van der Waals surface area (Å²) in [5, 5.41) is 11.0. The molecule has 1 unspecified atom stereocenters. The highest BCUT2D eigenvalue weighted by molar-refractivity contribution is 5.73. The first kappa shape index (κ1) is 18.8. The normalized spacial score (nSPS) is 50.6. The van der Waals surface area contributed by atoms with Gasteiger partial charge in [-0.2, -0.15) is 0 Å². The molecular formula is C23H39NO2. The maximum Gasteiger partial charge on any atom is 0.217 e. The Morgan fingerprint density at radius 1 is 1.00 bits per heavy atom. The lowest BCUT2D eigenvalue weighted by Gasteiger charge is -2.61. The summed E-state index contributed by atoms with van der Waals surface area (Å²) in [6, 6.07) is 0. The summed E-state index contributed by atoms with van der Waals surface area (Å²) in [5.41, 5.74) is 6.16. The SMILES string of the molecule is C[C@]12CC[C@H]3[C@@H](C[C@H](O)C4CCCC[C@@]43C)[C@@H]1CC[C@@H]2CCCC(N)=O. The summed E-state index contributed by atoms with van der Waals surface area (Å²) in [6.07, 6.45) is 14.3. The van der Waals surface area contributed by atoms with E-state index in [2.05, 4.69) is 13.8 Å². The van der Waals surface area contributed by atoms with Gasteiger partial charge in [0.2, 0.25) is 5.91 Å². The van der Waals surface area contributed by atoms with Crippen LogP contribution in [0.1, 0.15) is 90.9 Å². The Bertz CT molecular complexity index is 548. The summed E-state index contributed by atoms with van der Waals surface area (Å²) in [7, 11) is 0. The van der Waals surface area contributed by atoms with Crippen LogP contribution in [0.5, 0.6) is 0 Å². The van der Waals surface area contributed by atoms with Crippen molar-refractivity contribution < 1.29 is 9.90 Å². The second-order valence-corrected chi connectivity index (χ2v) is 10.7. The molecule has 148 valence electrons. The molecule has 3 nitrogen and oxygen atoms in total. The zero-order chi connectivity index (χ0) is 18.5. The van der Waals surface area contributed by atoms with Crippen LogP contribution in [0.25, 0.3) is 0 Å². The highest BCUT2D eigenvalue weighted by atomic mass is 16.3. The van der Waals surface area contributed by atoms with Crippen molar-refractivity contribution in [3.05, 3.63) is 0 Å². The average molecular weight is 362 g/mol. The number of carbonyl (C=O) groups is 1. The predicted octanol–water partition coefficient (Wildman–Crippen LogP) is 4.66. The average Bonchev–Trinajstić information content (AvgIpc) is 2.91. The fourth-order valence-corrected chi connectivity index (χ4v) is 8.46. The van der Waals surface area contributed by atoms with Gasteiger partial charge in [-0.15, -0.1) is 0 Å². The monoisotopic (exact) mass is 361 g/mol. The van der Waals surface area contributed by atoms with Gasteiger partial charge in [-0.1, -0.05) is 26.7 Å². The number of nitrogens with two attached hydrogens (primary N) is 1. The Balaban J connectivity index is 1.52. The third-order valence-corrected chi connectivity index (χ3v) is 9.76. The van der Waals surface area contributed by atoms with Crippen molar-refractivity contribution >= 4 is 5.91 Å². The molecule has 4 aliphatic rings. The molecule has 0 aromatic heterocycles. The zero-order valence-electron chi connectivity index (χ0n) is 16.9. The number of rotatable bonds is 4. The van der Waals surface area contributed by atoms with Crippen LogP contribution in [0.15, 0.2) is 0 Å². The van der Waals surface area contributed by atoms with Gasteiger partial charge >= 0.3 is 0 Å². The fourth-order valence-electron chi connectivity index (χ4n) is 8.46. The number of carbonyl (C=O) groups excluding carboxylic acids is 1. The number of primary amides is 1. The van der Waals surface area contributed by atoms with E-state index in [0.717, 1.165) is 42.9 Å². The number of hydrogen-bond acceptors (Lipinski definition) is 2. The Hall–Kier alpha value is -0.570. The quantitative estimate of drug-likeness (QED) is 0.765. The van der Waals surface area contributed by atoms with Crippen LogP contribution in [0, 0.1) is 40.4 Å². The molecule has 0 bridgehead atoms. The molecule has 1 amide bonds. The third-order valence-electron chi connectivity index (χ3n) is 9.76. The Morgan fingerprint density at radius 3 is 2.54 bits per heavy atom. The lowest BCUT2D eigenvalue weighted by molar-refractivity contribution is -0.157. The second kappa shape index (κ2) is 6.79. The summed E-state index contributed by atoms with van der Waals surface area (Å²) in [5.74, 6) is 3.49. The first-order valence-corrected chi connectivity index (χ1v) is 11.3. The summed E-state index contributed by atoms with van der Waals surface area (Å²) in [4.78, 5) is 11.1. The Morgan fingerprint density at radius 2 is 1.77 bits per heavy atom. The van der Waals surface area contributed by atoms with Crippen molar-refractivity contribution in [3.8, 4) is 0 Å². The van der Waals surface area contributed by atoms with E-state index in [0.29, 0.717) is 23.2 Å². The van der Waals surface area contributed by atoms with Crippen LogP contribution in [-0.2, 0) is 4.79 Å². The summed E-state index contributed by atoms with van der Waals surface area (Å²) < 4.78 is 0. The molecule has 0 aromatic rings. The smallest absolute Gasteiger partial charge is 0.217 e. The zero-order valence-corrected chi connectivity index (χ0v) is 16.9. The minimum absolute atomic E-state index is 0.0715. The molecule has 4 fully saturated rings. The van der Waals surface area contributed by atoms with Crippen LogP contribution in [0.4, 0.5) is 0 Å². The molecule has 0 heterocycles. The van der Waals surface area contributed by atoms with Gasteiger partial charge < -0.3 is 10.8 Å². The maximum atomic E-state index is 11.1. The molecule has 3 N–H and O–H groups in total. The lowest BCUT2D eigenvalue weighted by atomic mass is 9.44. The lowest BCUT2D eigenvalue weighted by Crippen LogP contribution is -2.56. The molecule has 4 saturated carbocycles. The molecule has 8 atom stereocenters. The molecule has 0 aliphatic heterocycles. The maximum absolute atomic E-state index is 11.1. The van der Waals surface area contributed by atoms with Crippen molar-refractivity contribution in [2.24, 2.45) is 46.2 Å². The molecular weight excluding hydrogens is 322 g/mol. The van der Waals surface area contributed by atoms with Gasteiger partial charge in [0.15, 0.2) is 0 Å². The van der Waals surface area contributed by atoms with Crippen molar-refractivity contribution in [1.82, 2.24) is 0 Å². The predicted molar refractivity (Wildman–Crippen MR) is 104 cm³/mol. The number of fused-ring (bicyclic) bond motifs is 5. The first-order valence-electron chi connectivity index (χ1n) is 11.3. The van der Waals surface area contributed by atoms with Crippen molar-refractivity contribution in [2.45, 2.75) is 97.0 Å². The Kier molecular flexibility index (Phi) is 4.91. The van der Waals surface area contributed by atoms with Gasteiger partial charge in [-0.3, -0.25) is 4.79 Å². The van der Waals surface area contributed by atoms with E-state index < -0.39 is 0 Å². The number of amides is 1. The minimum atomic E-state index is -0.153. The molecule has 0 aromatic carbocycles. The van der Waals surface area contributed by atoms with E-state index in [9.17, 15) is 9.90 Å². The van der Waals surface area contributed by atoms with Crippen molar-refractivity contribution in [3.63, 3.8) is 0 Å². The van der Waals surface area contributed by atoms with Gasteiger partial charge in [0.05, 0.1) is 6.10 Å². The second-order valence-electron chi connectivity index (χ2n) is 10.7. The van der Waals surface area contributed by atoms with Crippen LogP contribution < -0.4 is 5.73 Å². The van der Waals surface area contributed by atoms with Crippen LogP contribution in [0.2, 0.25) is 0 Å². The molecule has 0 saturated heterocycles. The minimum Gasteiger partial charge on any atom is -0.393 e. The van der Waals surface area contributed by atoms with E-state index in [1.54, 1.807) is 0 Å². The summed E-state index contributed by atoms with van der Waals surface area (Å²) in [6.45, 7) is 5.07. The molecule has 4 rings (SSSR count). The number of hydrogen-bond donors (Lipinski definition) is 2. The van der Waals surface area contributed by atoms with Crippen molar-refractivity contribution in [1.29, 1.82) is 0 Å². The largest absolute Gasteiger partial charge is 0.393 e. The van der Waals surface area contributed by atoms with Gasteiger partial charge in [0.1, 0.15) is 0 Å². The van der Waals surface area contributed by atoms with E-state index in [-0.39, 0.29) is 12.0 Å². The highest BCUT2D eigenvalue weighted by Gasteiger charge is 2.61. The van der Waals surface area contributed by atoms with Gasteiger partial charge in [0, 0.05) is 6.42 Å².